The molecule has 1 saturated carbocycles. The normalized spacial score (nSPS) is 29.1. The Hall–Kier alpha value is 0. The average Bonchev–Trinajstić information content (AvgIpc) is 2.24. The van der Waals surface area contributed by atoms with Crippen LogP contribution < -0.4 is 0 Å². The first-order valence-electron chi connectivity index (χ1n) is 8.00. The van der Waals surface area contributed by atoms with Crippen LogP contribution in [0.25, 0.3) is 0 Å². The van der Waals surface area contributed by atoms with E-state index in [1.54, 1.807) is 0 Å². The summed E-state index contributed by atoms with van der Waals surface area (Å²) in [5.41, 5.74) is 0.590. The topological polar surface area (TPSA) is 0 Å². The molecule has 1 fully saturated rings. The van der Waals surface area contributed by atoms with Crippen LogP contribution in [0.5, 0.6) is 0 Å². The lowest BCUT2D eigenvalue weighted by molar-refractivity contribution is 0.0615. The van der Waals surface area contributed by atoms with Crippen LogP contribution in [-0.4, -0.2) is 0 Å². The zero-order chi connectivity index (χ0) is 12.9. The van der Waals surface area contributed by atoms with E-state index in [9.17, 15) is 0 Å². The molecule has 0 saturated heterocycles. The minimum absolute atomic E-state index is 0.590. The lowest BCUT2D eigenvalue weighted by Crippen LogP contribution is -2.35. The molecule has 0 aromatic heterocycles. The number of rotatable bonds is 8. The van der Waals surface area contributed by atoms with Gasteiger partial charge < -0.3 is 0 Å². The van der Waals surface area contributed by atoms with Gasteiger partial charge in [0.15, 0.2) is 0 Å². The minimum Gasteiger partial charge on any atom is -0.0654 e. The molecule has 0 aromatic carbocycles. The Balaban J connectivity index is 2.20. The van der Waals surface area contributed by atoms with Crippen LogP contribution in [0.1, 0.15) is 86.0 Å². The first kappa shape index (κ1) is 15.1. The summed E-state index contributed by atoms with van der Waals surface area (Å²) >= 11 is 0. The van der Waals surface area contributed by atoms with Gasteiger partial charge in [0, 0.05) is 0 Å². The third kappa shape index (κ3) is 4.64. The van der Waals surface area contributed by atoms with Crippen molar-refractivity contribution in [1.29, 1.82) is 0 Å². The Morgan fingerprint density at radius 1 is 1.06 bits per heavy atom. The molecule has 0 heteroatoms. The quantitative estimate of drug-likeness (QED) is 0.451. The van der Waals surface area contributed by atoms with Crippen LogP contribution in [0, 0.1) is 23.2 Å². The molecule has 3 atom stereocenters. The highest BCUT2D eigenvalue weighted by molar-refractivity contribution is 4.86. The van der Waals surface area contributed by atoms with Crippen LogP contribution in [0.3, 0.4) is 0 Å². The predicted octanol–water partition coefficient (Wildman–Crippen LogP) is 6.06. The van der Waals surface area contributed by atoms with Crippen LogP contribution in [0.15, 0.2) is 0 Å². The molecule has 0 heterocycles. The van der Waals surface area contributed by atoms with Gasteiger partial charge in [0.25, 0.3) is 0 Å². The molecular formula is C17H34. The van der Waals surface area contributed by atoms with Gasteiger partial charge in [-0.1, -0.05) is 60.3 Å². The van der Waals surface area contributed by atoms with Gasteiger partial charge in [-0.2, -0.15) is 0 Å². The number of unbranched alkanes of at least 4 members (excludes halogenated alkanes) is 2. The van der Waals surface area contributed by atoms with E-state index in [1.807, 2.05) is 0 Å². The summed E-state index contributed by atoms with van der Waals surface area (Å²) in [5.74, 6) is 3.11. The van der Waals surface area contributed by atoms with Crippen molar-refractivity contribution in [2.45, 2.75) is 86.0 Å². The highest BCUT2D eigenvalue weighted by Gasteiger charge is 2.36. The predicted molar refractivity (Wildman–Crippen MR) is 78.2 cm³/mol. The summed E-state index contributed by atoms with van der Waals surface area (Å²) in [6, 6.07) is 0. The Bertz CT molecular complexity index is 204. The maximum absolute atomic E-state index is 2.48. The van der Waals surface area contributed by atoms with Crippen molar-refractivity contribution in [3.63, 3.8) is 0 Å². The number of hydrogen-bond acceptors (Lipinski definition) is 0. The van der Waals surface area contributed by atoms with Gasteiger partial charge in [0.05, 0.1) is 0 Å². The smallest absolute Gasteiger partial charge is 0.0354 e. The van der Waals surface area contributed by atoms with Crippen molar-refractivity contribution in [2.75, 3.05) is 0 Å². The zero-order valence-corrected chi connectivity index (χ0v) is 12.9. The SMILES string of the molecule is CCCCCC(C)(C)CCC1CC(C)C1CC. The summed E-state index contributed by atoms with van der Waals surface area (Å²) in [5, 5.41) is 0. The van der Waals surface area contributed by atoms with Crippen molar-refractivity contribution in [3.05, 3.63) is 0 Å². The molecule has 1 aliphatic rings. The fourth-order valence-electron chi connectivity index (χ4n) is 3.72. The maximum Gasteiger partial charge on any atom is -0.0354 e. The van der Waals surface area contributed by atoms with E-state index in [-0.39, 0.29) is 0 Å². The lowest BCUT2D eigenvalue weighted by Gasteiger charge is -2.44. The second-order valence-electron chi connectivity index (χ2n) is 7.21. The summed E-state index contributed by atoms with van der Waals surface area (Å²) in [6.45, 7) is 12.1. The number of hydrogen-bond donors (Lipinski definition) is 0. The average molecular weight is 238 g/mol. The van der Waals surface area contributed by atoms with Crippen molar-refractivity contribution >= 4 is 0 Å². The van der Waals surface area contributed by atoms with Gasteiger partial charge >= 0.3 is 0 Å². The van der Waals surface area contributed by atoms with Crippen molar-refractivity contribution in [3.8, 4) is 0 Å². The van der Waals surface area contributed by atoms with Crippen LogP contribution in [-0.2, 0) is 0 Å². The van der Waals surface area contributed by atoms with Crippen molar-refractivity contribution in [1.82, 2.24) is 0 Å². The van der Waals surface area contributed by atoms with E-state index in [2.05, 4.69) is 34.6 Å². The van der Waals surface area contributed by atoms with Gasteiger partial charge in [-0.05, 0) is 48.9 Å². The fraction of sp³-hybridized carbons (Fsp3) is 1.00. The molecule has 3 unspecified atom stereocenters. The summed E-state index contributed by atoms with van der Waals surface area (Å²) in [7, 11) is 0. The Labute approximate surface area is 110 Å². The minimum atomic E-state index is 0.590. The Morgan fingerprint density at radius 3 is 2.29 bits per heavy atom. The van der Waals surface area contributed by atoms with Crippen LogP contribution >= 0.6 is 0 Å². The second-order valence-corrected chi connectivity index (χ2v) is 7.21. The van der Waals surface area contributed by atoms with E-state index in [0.717, 1.165) is 17.8 Å². The molecule has 0 nitrogen and oxygen atoms in total. The third-order valence-corrected chi connectivity index (χ3v) is 5.13. The van der Waals surface area contributed by atoms with Gasteiger partial charge in [0.1, 0.15) is 0 Å². The molecular weight excluding hydrogens is 204 g/mol. The Morgan fingerprint density at radius 2 is 1.76 bits per heavy atom. The maximum atomic E-state index is 2.48. The van der Waals surface area contributed by atoms with E-state index in [4.69, 9.17) is 0 Å². The van der Waals surface area contributed by atoms with Crippen molar-refractivity contribution in [2.24, 2.45) is 23.2 Å². The molecule has 0 radical (unpaired) electrons. The summed E-state index contributed by atoms with van der Waals surface area (Å²) in [4.78, 5) is 0. The zero-order valence-electron chi connectivity index (χ0n) is 12.9. The van der Waals surface area contributed by atoms with Crippen LogP contribution in [0.4, 0.5) is 0 Å². The van der Waals surface area contributed by atoms with Crippen molar-refractivity contribution < 1.29 is 0 Å². The molecule has 0 spiro atoms. The van der Waals surface area contributed by atoms with E-state index >= 15 is 0 Å². The molecule has 0 aromatic rings. The van der Waals surface area contributed by atoms with Crippen LogP contribution in [0.2, 0.25) is 0 Å². The molecule has 17 heavy (non-hydrogen) atoms. The molecule has 0 N–H and O–H groups in total. The molecule has 0 amide bonds. The van der Waals surface area contributed by atoms with E-state index in [0.29, 0.717) is 5.41 Å². The molecule has 0 aliphatic heterocycles. The first-order chi connectivity index (χ1) is 8.00. The monoisotopic (exact) mass is 238 g/mol. The van der Waals surface area contributed by atoms with E-state index < -0.39 is 0 Å². The van der Waals surface area contributed by atoms with E-state index in [1.165, 1.54) is 51.4 Å². The second kappa shape index (κ2) is 6.81. The fourth-order valence-corrected chi connectivity index (χ4v) is 3.72. The molecule has 102 valence electrons. The summed E-state index contributed by atoms with van der Waals surface area (Å²) < 4.78 is 0. The van der Waals surface area contributed by atoms with Gasteiger partial charge in [-0.25, -0.2) is 0 Å². The Kier molecular flexibility index (Phi) is 6.03. The first-order valence-corrected chi connectivity index (χ1v) is 8.00. The highest BCUT2D eigenvalue weighted by Crippen LogP contribution is 2.46. The highest BCUT2D eigenvalue weighted by atomic mass is 14.4. The molecule has 0 bridgehead atoms. The molecule has 1 rings (SSSR count). The standard InChI is InChI=1S/C17H34/c1-6-8-9-11-17(4,5)12-10-15-13-14(3)16(15)7-2/h14-16H,6-13H2,1-5H3. The van der Waals surface area contributed by atoms with Gasteiger partial charge in [-0.15, -0.1) is 0 Å². The summed E-state index contributed by atoms with van der Waals surface area (Å²) in [6.07, 6.45) is 11.5. The lowest BCUT2D eigenvalue weighted by atomic mass is 9.61. The van der Waals surface area contributed by atoms with Gasteiger partial charge in [-0.3, -0.25) is 0 Å². The molecule has 1 aliphatic carbocycles. The third-order valence-electron chi connectivity index (χ3n) is 5.13. The largest absolute Gasteiger partial charge is 0.0654 e. The van der Waals surface area contributed by atoms with Gasteiger partial charge in [0.2, 0.25) is 0 Å².